The lowest BCUT2D eigenvalue weighted by molar-refractivity contribution is -0.0280. The van der Waals surface area contributed by atoms with Gasteiger partial charge in [-0.15, -0.1) is 0 Å². The lowest BCUT2D eigenvalue weighted by Crippen LogP contribution is -2.32. The van der Waals surface area contributed by atoms with Gasteiger partial charge in [-0.1, -0.05) is 15.9 Å². The van der Waals surface area contributed by atoms with E-state index >= 15 is 0 Å². The standard InChI is InChI=1S/C13H21N5O3P2/c1-4-7-9(19)10(21-23-22)13(20-7)18-6-16-8-11(17(2)3)14-5-15-12(8)18/h5-7,9-10,13,19,23H,4,22H2,1-3H3/t7-,9+,10?,13-/m1/s1. The normalized spacial score (nSPS) is 28.2. The summed E-state index contributed by atoms with van der Waals surface area (Å²) in [5.41, 5.74) is 1.36. The molecule has 3 heterocycles. The summed E-state index contributed by atoms with van der Waals surface area (Å²) in [5.74, 6) is 0.740. The fraction of sp³-hybridized carbons (Fsp3) is 0.615. The van der Waals surface area contributed by atoms with Gasteiger partial charge in [0.1, 0.15) is 18.5 Å². The number of aromatic nitrogens is 4. The van der Waals surface area contributed by atoms with Crippen LogP contribution in [0.5, 0.6) is 0 Å². The number of hydrogen-bond acceptors (Lipinski definition) is 7. The zero-order valence-corrected chi connectivity index (χ0v) is 15.4. The Bertz CT molecular complexity index is 683. The van der Waals surface area contributed by atoms with Gasteiger partial charge in [0, 0.05) is 22.6 Å². The Hall–Kier alpha value is -0.910. The van der Waals surface area contributed by atoms with Gasteiger partial charge in [-0.3, -0.25) is 4.57 Å². The van der Waals surface area contributed by atoms with E-state index < -0.39 is 18.4 Å². The number of ether oxygens (including phenoxy) is 1. The lowest BCUT2D eigenvalue weighted by Gasteiger charge is -2.21. The second kappa shape index (κ2) is 6.91. The molecule has 0 radical (unpaired) electrons. The molecule has 0 spiro atoms. The number of hydrogen-bond donors (Lipinski definition) is 1. The molecular weight excluding hydrogens is 336 g/mol. The Morgan fingerprint density at radius 2 is 2.22 bits per heavy atom. The van der Waals surface area contributed by atoms with Crippen LogP contribution in [0.25, 0.3) is 11.2 Å². The molecule has 0 aliphatic carbocycles. The minimum Gasteiger partial charge on any atom is -0.387 e. The van der Waals surface area contributed by atoms with Crippen molar-refractivity contribution < 1.29 is 14.4 Å². The fourth-order valence-electron chi connectivity index (χ4n) is 2.84. The number of imidazole rings is 1. The van der Waals surface area contributed by atoms with E-state index in [9.17, 15) is 5.11 Å². The van der Waals surface area contributed by atoms with Gasteiger partial charge in [0.05, 0.1) is 12.4 Å². The highest BCUT2D eigenvalue weighted by atomic mass is 32.0. The Labute approximate surface area is 138 Å². The fourth-order valence-corrected chi connectivity index (χ4v) is 3.72. The summed E-state index contributed by atoms with van der Waals surface area (Å²) in [7, 11) is 6.53. The number of aliphatic hydroxyl groups is 1. The first kappa shape index (κ1) is 16.9. The highest BCUT2D eigenvalue weighted by Gasteiger charge is 2.45. The van der Waals surface area contributed by atoms with Crippen LogP contribution >= 0.6 is 17.4 Å². The molecule has 1 aliphatic heterocycles. The van der Waals surface area contributed by atoms with Crippen molar-refractivity contribution in [3.05, 3.63) is 12.7 Å². The number of aliphatic hydroxyl groups excluding tert-OH is 1. The van der Waals surface area contributed by atoms with Gasteiger partial charge in [-0.25, -0.2) is 15.0 Å². The van der Waals surface area contributed by atoms with E-state index in [0.717, 1.165) is 5.82 Å². The predicted molar refractivity (Wildman–Crippen MR) is 92.8 cm³/mol. The first-order chi connectivity index (χ1) is 11.1. The van der Waals surface area contributed by atoms with Crippen LogP contribution in [0.1, 0.15) is 19.6 Å². The highest BCUT2D eigenvalue weighted by Crippen LogP contribution is 2.39. The third-order valence-corrected chi connectivity index (χ3v) is 4.77. The van der Waals surface area contributed by atoms with Crippen molar-refractivity contribution in [2.24, 2.45) is 0 Å². The van der Waals surface area contributed by atoms with Gasteiger partial charge in [-0.2, -0.15) is 0 Å². The Morgan fingerprint density at radius 3 is 2.87 bits per heavy atom. The molecule has 1 saturated heterocycles. The molecule has 0 aromatic carbocycles. The SMILES string of the molecule is CC[C@H]1O[C@@H](n2cnc3c(N(C)C)ncnc32)C(OPP)[C@H]1O. The van der Waals surface area contributed by atoms with Gasteiger partial charge in [0.15, 0.2) is 23.2 Å². The maximum Gasteiger partial charge on any atom is 0.167 e. The van der Waals surface area contributed by atoms with E-state index in [4.69, 9.17) is 9.26 Å². The molecule has 23 heavy (non-hydrogen) atoms. The average Bonchev–Trinajstić information content (AvgIpc) is 3.09. The van der Waals surface area contributed by atoms with E-state index in [2.05, 4.69) is 23.9 Å². The number of anilines is 1. The second-order valence-corrected chi connectivity index (χ2v) is 6.76. The van der Waals surface area contributed by atoms with E-state index in [1.54, 1.807) is 6.33 Å². The first-order valence-corrected chi connectivity index (χ1v) is 10.1. The molecule has 0 bridgehead atoms. The number of rotatable bonds is 5. The van der Waals surface area contributed by atoms with Crippen LogP contribution in [-0.4, -0.2) is 57.0 Å². The molecule has 2 aromatic heterocycles. The van der Waals surface area contributed by atoms with Crippen molar-refractivity contribution in [2.45, 2.75) is 37.9 Å². The minimum absolute atomic E-state index is 0.182. The molecule has 6 atom stereocenters. The number of fused-ring (bicyclic) bond motifs is 1. The first-order valence-electron chi connectivity index (χ1n) is 7.38. The van der Waals surface area contributed by atoms with E-state index in [1.807, 2.05) is 30.5 Å². The smallest absolute Gasteiger partial charge is 0.167 e. The zero-order valence-electron chi connectivity index (χ0n) is 13.2. The summed E-state index contributed by atoms with van der Waals surface area (Å²) in [6.45, 7) is 1.98. The molecule has 3 unspecified atom stereocenters. The Kier molecular flexibility index (Phi) is 5.09. The molecule has 2 aromatic rings. The summed E-state index contributed by atoms with van der Waals surface area (Å²) < 4.78 is 13.6. The Balaban J connectivity index is 2.03. The molecule has 8 nitrogen and oxygen atoms in total. The van der Waals surface area contributed by atoms with E-state index in [0.29, 0.717) is 17.6 Å². The maximum absolute atomic E-state index is 10.4. The van der Waals surface area contributed by atoms with Crippen LogP contribution in [0.4, 0.5) is 5.82 Å². The molecular formula is C13H21N5O3P2. The van der Waals surface area contributed by atoms with E-state index in [1.165, 1.54) is 6.33 Å². The molecule has 126 valence electrons. The van der Waals surface area contributed by atoms with Crippen molar-refractivity contribution in [3.8, 4) is 0 Å². The van der Waals surface area contributed by atoms with Gasteiger partial charge in [-0.05, 0) is 6.42 Å². The third-order valence-electron chi connectivity index (χ3n) is 3.96. The molecule has 0 amide bonds. The van der Waals surface area contributed by atoms with E-state index in [-0.39, 0.29) is 14.6 Å². The molecule has 0 saturated carbocycles. The van der Waals surface area contributed by atoms with Gasteiger partial charge < -0.3 is 19.3 Å². The average molecular weight is 357 g/mol. The molecule has 1 aliphatic rings. The monoisotopic (exact) mass is 357 g/mol. The van der Waals surface area contributed by atoms with Crippen molar-refractivity contribution in [2.75, 3.05) is 19.0 Å². The summed E-state index contributed by atoms with van der Waals surface area (Å²) in [5, 5.41) is 10.4. The van der Waals surface area contributed by atoms with Crippen molar-refractivity contribution >= 4 is 34.4 Å². The summed E-state index contributed by atoms with van der Waals surface area (Å²) in [4.78, 5) is 14.9. The van der Waals surface area contributed by atoms with Gasteiger partial charge >= 0.3 is 0 Å². The van der Waals surface area contributed by atoms with Gasteiger partial charge in [0.2, 0.25) is 0 Å². The van der Waals surface area contributed by atoms with Crippen LogP contribution in [0, 0.1) is 0 Å². The number of nitrogens with zero attached hydrogens (tertiary/aromatic N) is 5. The van der Waals surface area contributed by atoms with Crippen LogP contribution in [0.2, 0.25) is 0 Å². The van der Waals surface area contributed by atoms with Crippen LogP contribution < -0.4 is 4.90 Å². The quantitative estimate of drug-likeness (QED) is 0.808. The molecule has 1 fully saturated rings. The lowest BCUT2D eigenvalue weighted by atomic mass is 10.1. The summed E-state index contributed by atoms with van der Waals surface area (Å²) in [6, 6.07) is 0. The van der Waals surface area contributed by atoms with Crippen molar-refractivity contribution in [1.29, 1.82) is 0 Å². The van der Waals surface area contributed by atoms with Crippen molar-refractivity contribution in [1.82, 2.24) is 19.5 Å². The predicted octanol–water partition coefficient (Wildman–Crippen LogP) is 1.33. The van der Waals surface area contributed by atoms with Crippen molar-refractivity contribution in [3.63, 3.8) is 0 Å². The Morgan fingerprint density at radius 1 is 1.43 bits per heavy atom. The second-order valence-electron chi connectivity index (χ2n) is 5.58. The zero-order chi connectivity index (χ0) is 16.6. The van der Waals surface area contributed by atoms with Crippen LogP contribution in [-0.2, 0) is 9.26 Å². The molecule has 1 N–H and O–H groups in total. The summed E-state index contributed by atoms with van der Waals surface area (Å²) in [6.07, 6.45) is 2.03. The highest BCUT2D eigenvalue weighted by molar-refractivity contribution is 8.00. The molecule has 3 rings (SSSR count). The van der Waals surface area contributed by atoms with Gasteiger partial charge in [0.25, 0.3) is 0 Å². The minimum atomic E-state index is -0.675. The largest absolute Gasteiger partial charge is 0.387 e. The van der Waals surface area contributed by atoms with Crippen LogP contribution in [0.15, 0.2) is 12.7 Å². The molecule has 10 heteroatoms. The topological polar surface area (TPSA) is 85.5 Å². The maximum atomic E-state index is 10.4. The summed E-state index contributed by atoms with van der Waals surface area (Å²) >= 11 is 0. The third kappa shape index (κ3) is 2.94. The van der Waals surface area contributed by atoms with Crippen LogP contribution in [0.3, 0.4) is 0 Å².